The first-order valence-corrected chi connectivity index (χ1v) is 9.79. The summed E-state index contributed by atoms with van der Waals surface area (Å²) in [5, 5.41) is 5.97. The van der Waals surface area contributed by atoms with Crippen molar-refractivity contribution in [2.24, 2.45) is 12.1 Å². The molecule has 0 N–H and O–H groups in total. The summed E-state index contributed by atoms with van der Waals surface area (Å²) >= 11 is 0. The predicted molar refractivity (Wildman–Crippen MR) is 115 cm³/mol. The molecule has 0 saturated carbocycles. The number of nitrogens with zero attached hydrogens (tertiary/aromatic N) is 6. The first-order chi connectivity index (χ1) is 14.2. The van der Waals surface area contributed by atoms with E-state index in [2.05, 4.69) is 10.1 Å². The van der Waals surface area contributed by atoms with Crippen LogP contribution in [0.3, 0.4) is 0 Å². The summed E-state index contributed by atoms with van der Waals surface area (Å²) in [6, 6.07) is 7.43. The molecule has 30 heavy (non-hydrogen) atoms. The topological polar surface area (TPSA) is 94.5 Å². The molecule has 0 bridgehead atoms. The molecule has 0 amide bonds. The van der Waals surface area contributed by atoms with Crippen LogP contribution in [0.1, 0.15) is 37.9 Å². The lowest BCUT2D eigenvalue weighted by Gasteiger charge is -2.28. The molecular formula is C21H24N6O3. The number of aryl methyl sites for hydroxylation is 2. The lowest BCUT2D eigenvalue weighted by molar-refractivity contribution is -0.115. The number of hydrogen-bond acceptors (Lipinski definition) is 6. The van der Waals surface area contributed by atoms with Gasteiger partial charge in [0.2, 0.25) is 5.95 Å². The number of carbonyl (C=O) groups excluding carboxylic acids is 1. The van der Waals surface area contributed by atoms with E-state index in [1.54, 1.807) is 11.6 Å². The number of Topliss-reactive ketones (excluding diaryl/α,β-unsaturated/α-hetero) is 1. The second kappa shape index (κ2) is 7.08. The minimum atomic E-state index is -0.436. The summed E-state index contributed by atoms with van der Waals surface area (Å²) < 4.78 is 4.40. The molecule has 156 valence electrons. The third-order valence-corrected chi connectivity index (χ3v) is 5.62. The van der Waals surface area contributed by atoms with Crippen molar-refractivity contribution >= 4 is 28.6 Å². The van der Waals surface area contributed by atoms with Gasteiger partial charge in [0, 0.05) is 7.05 Å². The smallest absolute Gasteiger partial charge is 0.298 e. The molecule has 4 rings (SSSR count). The summed E-state index contributed by atoms with van der Waals surface area (Å²) in [5.41, 5.74) is 2.43. The van der Waals surface area contributed by atoms with Crippen LogP contribution in [0.15, 0.2) is 39.0 Å². The quantitative estimate of drug-likeness (QED) is 0.654. The maximum atomic E-state index is 13.5. The SMILES string of the molecule is CC(=O)CN1N=C(C)[C@H](C)n2c1nc1c2c(=O)n(Cc2ccccc2C)c(=O)n1C. The molecular weight excluding hydrogens is 384 g/mol. The Morgan fingerprint density at radius 1 is 1.17 bits per heavy atom. The zero-order chi connectivity index (χ0) is 21.7. The molecule has 2 aromatic heterocycles. The molecule has 3 heterocycles. The molecule has 1 aliphatic heterocycles. The number of benzene rings is 1. The van der Waals surface area contributed by atoms with Gasteiger partial charge in [-0.05, 0) is 38.8 Å². The third kappa shape index (κ3) is 2.97. The van der Waals surface area contributed by atoms with Gasteiger partial charge in [0.15, 0.2) is 16.9 Å². The van der Waals surface area contributed by atoms with Crippen molar-refractivity contribution in [3.63, 3.8) is 0 Å². The van der Waals surface area contributed by atoms with Crippen molar-refractivity contribution in [3.05, 3.63) is 56.2 Å². The Morgan fingerprint density at radius 2 is 1.87 bits per heavy atom. The number of fused-ring (bicyclic) bond motifs is 3. The highest BCUT2D eigenvalue weighted by Gasteiger charge is 2.31. The Labute approximate surface area is 172 Å². The fourth-order valence-corrected chi connectivity index (χ4v) is 3.80. The van der Waals surface area contributed by atoms with E-state index in [1.165, 1.54) is 21.1 Å². The van der Waals surface area contributed by atoms with Gasteiger partial charge in [0.05, 0.1) is 18.3 Å². The van der Waals surface area contributed by atoms with Gasteiger partial charge < -0.3 is 0 Å². The Balaban J connectivity index is 2.00. The van der Waals surface area contributed by atoms with Gasteiger partial charge in [0.25, 0.3) is 5.56 Å². The molecule has 1 aliphatic rings. The molecule has 0 fully saturated rings. The molecule has 0 aliphatic carbocycles. The zero-order valence-corrected chi connectivity index (χ0v) is 17.7. The van der Waals surface area contributed by atoms with E-state index in [0.29, 0.717) is 11.5 Å². The number of carbonyl (C=O) groups is 1. The Hall–Kier alpha value is -3.49. The number of rotatable bonds is 4. The van der Waals surface area contributed by atoms with Crippen molar-refractivity contribution in [1.29, 1.82) is 0 Å². The minimum Gasteiger partial charge on any atom is -0.298 e. The molecule has 9 heteroatoms. The van der Waals surface area contributed by atoms with Crippen molar-refractivity contribution in [3.8, 4) is 0 Å². The normalized spacial score (nSPS) is 16.0. The molecule has 0 saturated heterocycles. The second-order valence-electron chi connectivity index (χ2n) is 7.79. The van der Waals surface area contributed by atoms with Crippen LogP contribution in [0.25, 0.3) is 11.2 Å². The number of ketones is 1. The van der Waals surface area contributed by atoms with Gasteiger partial charge in [-0.15, -0.1) is 0 Å². The van der Waals surface area contributed by atoms with E-state index >= 15 is 0 Å². The van der Waals surface area contributed by atoms with Crippen molar-refractivity contribution in [1.82, 2.24) is 18.7 Å². The third-order valence-electron chi connectivity index (χ3n) is 5.62. The average Bonchev–Trinajstić information content (AvgIpc) is 3.10. The fraction of sp³-hybridized carbons (Fsp3) is 0.381. The van der Waals surface area contributed by atoms with Crippen molar-refractivity contribution in [2.75, 3.05) is 11.6 Å². The molecule has 1 atom stereocenters. The average molecular weight is 408 g/mol. The molecule has 0 spiro atoms. The van der Waals surface area contributed by atoms with Crippen LogP contribution in [0.5, 0.6) is 0 Å². The number of imidazole rings is 1. The van der Waals surface area contributed by atoms with Gasteiger partial charge in [-0.3, -0.25) is 23.3 Å². The van der Waals surface area contributed by atoms with Crippen LogP contribution in [0, 0.1) is 6.92 Å². The molecule has 0 radical (unpaired) electrons. The first-order valence-electron chi connectivity index (χ1n) is 9.79. The van der Waals surface area contributed by atoms with E-state index in [1.807, 2.05) is 45.0 Å². The minimum absolute atomic E-state index is 0.0404. The van der Waals surface area contributed by atoms with Crippen molar-refractivity contribution < 1.29 is 4.79 Å². The van der Waals surface area contributed by atoms with E-state index < -0.39 is 11.2 Å². The van der Waals surface area contributed by atoms with Gasteiger partial charge in [-0.25, -0.2) is 9.80 Å². The fourth-order valence-electron chi connectivity index (χ4n) is 3.80. The van der Waals surface area contributed by atoms with E-state index in [4.69, 9.17) is 0 Å². The molecule has 9 nitrogen and oxygen atoms in total. The number of aromatic nitrogens is 4. The van der Waals surface area contributed by atoms with Gasteiger partial charge >= 0.3 is 5.69 Å². The Morgan fingerprint density at radius 3 is 2.53 bits per heavy atom. The summed E-state index contributed by atoms with van der Waals surface area (Å²) in [6.07, 6.45) is 0. The van der Waals surface area contributed by atoms with Crippen LogP contribution < -0.4 is 16.3 Å². The van der Waals surface area contributed by atoms with Crippen LogP contribution in [-0.2, 0) is 18.4 Å². The van der Waals surface area contributed by atoms with Crippen molar-refractivity contribution in [2.45, 2.75) is 40.3 Å². The van der Waals surface area contributed by atoms with Crippen LogP contribution in [0.2, 0.25) is 0 Å². The van der Waals surface area contributed by atoms with E-state index in [0.717, 1.165) is 16.8 Å². The van der Waals surface area contributed by atoms with Gasteiger partial charge in [-0.1, -0.05) is 24.3 Å². The highest BCUT2D eigenvalue weighted by Crippen LogP contribution is 2.29. The lowest BCUT2D eigenvalue weighted by atomic mass is 10.1. The highest BCUT2D eigenvalue weighted by molar-refractivity contribution is 5.92. The molecule has 1 aromatic carbocycles. The highest BCUT2D eigenvalue weighted by atomic mass is 16.2. The van der Waals surface area contributed by atoms with Crippen LogP contribution in [-0.4, -0.2) is 36.7 Å². The Bertz CT molecular complexity index is 1330. The van der Waals surface area contributed by atoms with Gasteiger partial charge in [-0.2, -0.15) is 10.1 Å². The molecule has 3 aromatic rings. The van der Waals surface area contributed by atoms with Crippen LogP contribution >= 0.6 is 0 Å². The number of anilines is 1. The number of hydrazone groups is 1. The Kier molecular flexibility index (Phi) is 4.68. The largest absolute Gasteiger partial charge is 0.332 e. The summed E-state index contributed by atoms with van der Waals surface area (Å²) in [6.45, 7) is 7.41. The zero-order valence-electron chi connectivity index (χ0n) is 17.7. The second-order valence-corrected chi connectivity index (χ2v) is 7.79. The van der Waals surface area contributed by atoms with E-state index in [9.17, 15) is 14.4 Å². The maximum Gasteiger partial charge on any atom is 0.332 e. The summed E-state index contributed by atoms with van der Waals surface area (Å²) in [5.74, 6) is 0.310. The number of hydrogen-bond donors (Lipinski definition) is 0. The van der Waals surface area contributed by atoms with E-state index in [-0.39, 0.29) is 30.6 Å². The monoisotopic (exact) mass is 408 g/mol. The van der Waals surface area contributed by atoms with Crippen LogP contribution in [0.4, 0.5) is 5.95 Å². The maximum absolute atomic E-state index is 13.5. The lowest BCUT2D eigenvalue weighted by Crippen LogP contribution is -2.41. The summed E-state index contributed by atoms with van der Waals surface area (Å²) in [7, 11) is 1.60. The first kappa shape index (κ1) is 19.8. The summed E-state index contributed by atoms with van der Waals surface area (Å²) in [4.78, 5) is 42.8. The standard InChI is InChI=1S/C21H24N6O3/c1-12-8-6-7-9-16(12)11-25-19(29)17-18(24(5)21(25)30)22-20-26(10-13(2)28)23-14(3)15(4)27(17)20/h6-9,15H,10-11H2,1-5H3/t15-/m0/s1. The molecule has 0 unspecified atom stereocenters. The van der Waals surface area contributed by atoms with Gasteiger partial charge in [0.1, 0.15) is 6.54 Å². The predicted octanol–water partition coefficient (Wildman–Crippen LogP) is 1.60.